The summed E-state index contributed by atoms with van der Waals surface area (Å²) in [7, 11) is 0. The second kappa shape index (κ2) is 9.26. The van der Waals surface area contributed by atoms with Gasteiger partial charge in [-0.15, -0.1) is 0 Å². The lowest BCUT2D eigenvalue weighted by Crippen LogP contribution is -2.14. The molecule has 0 unspecified atom stereocenters. The van der Waals surface area contributed by atoms with Crippen LogP contribution in [0.25, 0.3) is 0 Å². The lowest BCUT2D eigenvalue weighted by Gasteiger charge is -2.30. The van der Waals surface area contributed by atoms with Crippen molar-refractivity contribution in [2.75, 3.05) is 4.90 Å². The average molecular weight is 470 g/mol. The van der Waals surface area contributed by atoms with Gasteiger partial charge >= 0.3 is 0 Å². The molecule has 0 spiro atoms. The molecule has 180 valence electrons. The van der Waals surface area contributed by atoms with E-state index in [1.165, 1.54) is 0 Å². The highest BCUT2D eigenvalue weighted by Gasteiger charge is 2.21. The zero-order valence-corrected chi connectivity index (χ0v) is 21.0. The molecule has 5 heteroatoms. The fourth-order valence-corrected chi connectivity index (χ4v) is 4.24. The normalized spacial score (nSPS) is 10.9. The summed E-state index contributed by atoms with van der Waals surface area (Å²) >= 11 is 0. The van der Waals surface area contributed by atoms with E-state index >= 15 is 0 Å². The molecule has 0 aliphatic carbocycles. The van der Waals surface area contributed by atoms with Gasteiger partial charge in [0.15, 0.2) is 0 Å². The van der Waals surface area contributed by atoms with Crippen molar-refractivity contribution in [3.8, 4) is 28.7 Å². The Morgan fingerprint density at radius 1 is 0.571 bits per heavy atom. The monoisotopic (exact) mass is 469 g/mol. The van der Waals surface area contributed by atoms with Crippen molar-refractivity contribution in [1.29, 1.82) is 0 Å². The van der Waals surface area contributed by atoms with E-state index in [0.717, 1.165) is 50.4 Å². The van der Waals surface area contributed by atoms with Gasteiger partial charge in [0, 0.05) is 30.0 Å². The van der Waals surface area contributed by atoms with Gasteiger partial charge in [-0.3, -0.25) is 0 Å². The van der Waals surface area contributed by atoms with Crippen LogP contribution >= 0.6 is 0 Å². The fourth-order valence-electron chi connectivity index (χ4n) is 4.24. The third-order valence-electron chi connectivity index (χ3n) is 6.64. The van der Waals surface area contributed by atoms with Gasteiger partial charge < -0.3 is 25.0 Å². The van der Waals surface area contributed by atoms with Gasteiger partial charge in [-0.2, -0.15) is 0 Å². The summed E-state index contributed by atoms with van der Waals surface area (Å²) in [4.78, 5) is 2.03. The predicted molar refractivity (Wildman–Crippen MR) is 141 cm³/mol. The summed E-state index contributed by atoms with van der Waals surface area (Å²) in [6.07, 6.45) is 0. The summed E-state index contributed by atoms with van der Waals surface area (Å²) < 4.78 is 6.20. The Bertz CT molecular complexity index is 1370. The van der Waals surface area contributed by atoms with Gasteiger partial charge in [-0.1, -0.05) is 6.07 Å². The smallest absolute Gasteiger partial charge is 0.134 e. The molecule has 5 nitrogen and oxygen atoms in total. The molecule has 0 heterocycles. The van der Waals surface area contributed by atoms with Crippen LogP contribution in [0.3, 0.4) is 0 Å². The second-order valence-corrected chi connectivity index (χ2v) is 9.13. The van der Waals surface area contributed by atoms with Gasteiger partial charge in [0.05, 0.1) is 11.4 Å². The summed E-state index contributed by atoms with van der Waals surface area (Å²) in [6.45, 7) is 11.8. The molecular weight excluding hydrogens is 438 g/mol. The van der Waals surface area contributed by atoms with E-state index in [-0.39, 0.29) is 17.2 Å². The molecule has 0 aliphatic rings. The lowest BCUT2D eigenvalue weighted by molar-refractivity contribution is 0.452. The topological polar surface area (TPSA) is 73.2 Å². The minimum atomic E-state index is 0.151. The third-order valence-corrected chi connectivity index (χ3v) is 6.64. The van der Waals surface area contributed by atoms with Gasteiger partial charge in [-0.05, 0) is 105 Å². The molecule has 3 N–H and O–H groups in total. The van der Waals surface area contributed by atoms with Gasteiger partial charge in [0.2, 0.25) is 0 Å². The van der Waals surface area contributed by atoms with E-state index in [4.69, 9.17) is 4.74 Å². The number of phenolic OH excluding ortho intramolecular Hbond substituents is 3. The van der Waals surface area contributed by atoms with E-state index in [1.54, 1.807) is 36.4 Å². The molecular formula is C30H31NO4. The van der Waals surface area contributed by atoms with Crippen LogP contribution in [0, 0.1) is 41.5 Å². The number of benzene rings is 4. The van der Waals surface area contributed by atoms with Crippen molar-refractivity contribution in [1.82, 2.24) is 0 Å². The van der Waals surface area contributed by atoms with Crippen LogP contribution in [-0.4, -0.2) is 15.3 Å². The number of rotatable bonds is 5. The Hall–Kier alpha value is -4.12. The molecule has 0 bridgehead atoms. The molecule has 0 saturated heterocycles. The van der Waals surface area contributed by atoms with Crippen LogP contribution in [0.15, 0.2) is 60.7 Å². The summed E-state index contributed by atoms with van der Waals surface area (Å²) in [6, 6.07) is 17.9. The first kappa shape index (κ1) is 24.0. The fraction of sp³-hybridized carbons (Fsp3) is 0.200. The number of nitrogens with zero attached hydrogens (tertiary/aromatic N) is 1. The van der Waals surface area contributed by atoms with Crippen LogP contribution in [0.2, 0.25) is 0 Å². The quantitative estimate of drug-likeness (QED) is 0.277. The van der Waals surface area contributed by atoms with Crippen LogP contribution in [0.4, 0.5) is 17.1 Å². The van der Waals surface area contributed by atoms with Gasteiger partial charge in [-0.25, -0.2) is 0 Å². The molecule has 0 radical (unpaired) electrons. The summed E-state index contributed by atoms with van der Waals surface area (Å²) in [5, 5.41) is 31.0. The minimum Gasteiger partial charge on any atom is -0.508 e. The molecule has 0 saturated carbocycles. The van der Waals surface area contributed by atoms with E-state index in [1.807, 2.05) is 70.7 Å². The highest BCUT2D eigenvalue weighted by Crippen LogP contribution is 2.44. The number of hydrogen-bond acceptors (Lipinski definition) is 5. The number of anilines is 3. The SMILES string of the molecule is Cc1cc(O)cc(Oc2cccc(N(c3cc(O)cc(C)c3C)c3cc(O)cc(C)c3C)c2)c1C. The van der Waals surface area contributed by atoms with Gasteiger partial charge in [0.1, 0.15) is 28.7 Å². The molecule has 0 amide bonds. The molecule has 4 aromatic rings. The van der Waals surface area contributed by atoms with Gasteiger partial charge in [0.25, 0.3) is 0 Å². The van der Waals surface area contributed by atoms with E-state index in [2.05, 4.69) is 0 Å². The van der Waals surface area contributed by atoms with Crippen molar-refractivity contribution in [3.05, 3.63) is 94.0 Å². The average Bonchev–Trinajstić information content (AvgIpc) is 2.78. The predicted octanol–water partition coefficient (Wildman–Crippen LogP) is 7.92. The maximum atomic E-state index is 10.4. The summed E-state index contributed by atoms with van der Waals surface area (Å²) in [5.74, 6) is 1.67. The standard InChI is InChI=1S/C30H31NO4/c1-17-10-24(32)14-28(20(17)4)31(29-15-25(33)11-18(2)21(29)5)23-8-7-9-27(13-23)35-30-16-26(34)12-19(3)22(30)6/h7-16,32-34H,1-6H3. The van der Waals surface area contributed by atoms with E-state index in [9.17, 15) is 15.3 Å². The highest BCUT2D eigenvalue weighted by molar-refractivity contribution is 5.83. The van der Waals surface area contributed by atoms with Crippen LogP contribution < -0.4 is 9.64 Å². The Morgan fingerprint density at radius 2 is 1.06 bits per heavy atom. The van der Waals surface area contributed by atoms with Crippen molar-refractivity contribution >= 4 is 17.1 Å². The first-order valence-corrected chi connectivity index (χ1v) is 11.5. The lowest BCUT2D eigenvalue weighted by atomic mass is 10.0. The number of aryl methyl sites for hydroxylation is 3. The van der Waals surface area contributed by atoms with Crippen molar-refractivity contribution < 1.29 is 20.1 Å². The first-order valence-electron chi connectivity index (χ1n) is 11.5. The van der Waals surface area contributed by atoms with Crippen LogP contribution in [0.1, 0.15) is 33.4 Å². The summed E-state index contributed by atoms with van der Waals surface area (Å²) in [5.41, 5.74) is 8.23. The Morgan fingerprint density at radius 3 is 1.60 bits per heavy atom. The van der Waals surface area contributed by atoms with E-state index in [0.29, 0.717) is 11.5 Å². The highest BCUT2D eigenvalue weighted by atomic mass is 16.5. The number of ether oxygens (including phenoxy) is 1. The minimum absolute atomic E-state index is 0.151. The molecule has 4 aromatic carbocycles. The number of aromatic hydroxyl groups is 3. The number of hydrogen-bond donors (Lipinski definition) is 3. The van der Waals surface area contributed by atoms with Crippen molar-refractivity contribution in [2.24, 2.45) is 0 Å². The maximum absolute atomic E-state index is 10.4. The molecule has 0 fully saturated rings. The Labute approximate surface area is 206 Å². The van der Waals surface area contributed by atoms with Crippen LogP contribution in [-0.2, 0) is 0 Å². The zero-order valence-electron chi connectivity index (χ0n) is 21.0. The second-order valence-electron chi connectivity index (χ2n) is 9.13. The maximum Gasteiger partial charge on any atom is 0.134 e. The number of phenols is 3. The van der Waals surface area contributed by atoms with Crippen molar-refractivity contribution in [2.45, 2.75) is 41.5 Å². The Kier molecular flexibility index (Phi) is 6.35. The molecule has 0 aromatic heterocycles. The zero-order chi connectivity index (χ0) is 25.4. The van der Waals surface area contributed by atoms with Crippen molar-refractivity contribution in [3.63, 3.8) is 0 Å². The molecule has 0 aliphatic heterocycles. The first-order chi connectivity index (χ1) is 16.5. The largest absolute Gasteiger partial charge is 0.508 e. The molecule has 0 atom stereocenters. The third kappa shape index (κ3) is 4.76. The van der Waals surface area contributed by atoms with Crippen LogP contribution in [0.5, 0.6) is 28.7 Å². The molecule has 4 rings (SSSR count). The van der Waals surface area contributed by atoms with E-state index < -0.39 is 0 Å². The Balaban J connectivity index is 1.91. The molecule has 35 heavy (non-hydrogen) atoms.